The van der Waals surface area contributed by atoms with Gasteiger partial charge in [0.1, 0.15) is 11.6 Å². The SMILES string of the molecule is COc1ccc2cc(CNCCc3cccc(F)c3)c(-c3ccc(OC)c(OC)c3)nc2c1. The van der Waals surface area contributed by atoms with E-state index in [1.165, 1.54) is 6.07 Å². The Morgan fingerprint density at radius 3 is 2.45 bits per heavy atom. The summed E-state index contributed by atoms with van der Waals surface area (Å²) in [7, 11) is 4.88. The van der Waals surface area contributed by atoms with Crippen LogP contribution in [0.5, 0.6) is 17.2 Å². The molecule has 0 saturated heterocycles. The van der Waals surface area contributed by atoms with E-state index in [-0.39, 0.29) is 5.82 Å². The van der Waals surface area contributed by atoms with Crippen LogP contribution in [0.1, 0.15) is 11.1 Å². The Hall–Kier alpha value is -3.64. The van der Waals surface area contributed by atoms with Crippen molar-refractivity contribution < 1.29 is 18.6 Å². The minimum atomic E-state index is -0.211. The number of nitrogens with one attached hydrogen (secondary N) is 1. The molecule has 0 amide bonds. The summed E-state index contributed by atoms with van der Waals surface area (Å²) in [6.45, 7) is 1.34. The predicted octanol–water partition coefficient (Wildman–Crippen LogP) is 5.40. The third-order valence-electron chi connectivity index (χ3n) is 5.56. The molecule has 0 saturated carbocycles. The van der Waals surface area contributed by atoms with Gasteiger partial charge in [0.15, 0.2) is 11.5 Å². The number of nitrogens with zero attached hydrogens (tertiary/aromatic N) is 1. The van der Waals surface area contributed by atoms with Crippen LogP contribution in [-0.2, 0) is 13.0 Å². The van der Waals surface area contributed by atoms with E-state index in [1.54, 1.807) is 33.5 Å². The van der Waals surface area contributed by atoms with Crippen LogP contribution in [0.2, 0.25) is 0 Å². The normalized spacial score (nSPS) is 10.9. The van der Waals surface area contributed by atoms with Crippen LogP contribution in [0.15, 0.2) is 66.7 Å². The van der Waals surface area contributed by atoms with Gasteiger partial charge in [-0.15, -0.1) is 0 Å². The second-order valence-electron chi connectivity index (χ2n) is 7.68. The summed E-state index contributed by atoms with van der Waals surface area (Å²) in [6, 6.07) is 20.5. The molecule has 0 radical (unpaired) electrons. The van der Waals surface area contributed by atoms with Gasteiger partial charge in [-0.25, -0.2) is 9.37 Å². The smallest absolute Gasteiger partial charge is 0.161 e. The van der Waals surface area contributed by atoms with E-state index in [2.05, 4.69) is 11.4 Å². The average molecular weight is 447 g/mol. The number of benzene rings is 3. The number of rotatable bonds is 9. The fourth-order valence-electron chi connectivity index (χ4n) is 3.83. The molecular formula is C27H27FN2O3. The Morgan fingerprint density at radius 1 is 0.848 bits per heavy atom. The van der Waals surface area contributed by atoms with Crippen LogP contribution in [0.4, 0.5) is 4.39 Å². The molecule has 5 nitrogen and oxygen atoms in total. The first-order chi connectivity index (χ1) is 16.1. The fraction of sp³-hybridized carbons (Fsp3) is 0.222. The Labute approximate surface area is 193 Å². The number of hydrogen-bond donors (Lipinski definition) is 1. The van der Waals surface area contributed by atoms with Gasteiger partial charge in [-0.3, -0.25) is 0 Å². The van der Waals surface area contributed by atoms with Crippen molar-refractivity contribution >= 4 is 10.9 Å². The zero-order chi connectivity index (χ0) is 23.2. The van der Waals surface area contributed by atoms with Crippen LogP contribution in [0, 0.1) is 5.82 Å². The summed E-state index contributed by atoms with van der Waals surface area (Å²) in [5.41, 5.74) is 4.65. The highest BCUT2D eigenvalue weighted by atomic mass is 19.1. The molecule has 0 bridgehead atoms. The summed E-state index contributed by atoms with van der Waals surface area (Å²) < 4.78 is 29.7. The van der Waals surface area contributed by atoms with Gasteiger partial charge in [0, 0.05) is 23.6 Å². The molecule has 0 aliphatic heterocycles. The predicted molar refractivity (Wildman–Crippen MR) is 129 cm³/mol. The molecule has 0 spiro atoms. The van der Waals surface area contributed by atoms with Crippen LogP contribution < -0.4 is 19.5 Å². The van der Waals surface area contributed by atoms with Crippen molar-refractivity contribution in [1.82, 2.24) is 10.3 Å². The summed E-state index contributed by atoms with van der Waals surface area (Å²) >= 11 is 0. The summed E-state index contributed by atoms with van der Waals surface area (Å²) in [6.07, 6.45) is 0.738. The molecule has 1 N–H and O–H groups in total. The van der Waals surface area contributed by atoms with E-state index < -0.39 is 0 Å². The monoisotopic (exact) mass is 446 g/mol. The van der Waals surface area contributed by atoms with Crippen LogP contribution in [0.25, 0.3) is 22.2 Å². The molecule has 1 heterocycles. The molecule has 0 fully saturated rings. The van der Waals surface area contributed by atoms with Crippen molar-refractivity contribution in [1.29, 1.82) is 0 Å². The Bertz CT molecular complexity index is 1260. The molecule has 33 heavy (non-hydrogen) atoms. The first kappa shape index (κ1) is 22.6. The lowest BCUT2D eigenvalue weighted by molar-refractivity contribution is 0.355. The number of fused-ring (bicyclic) bond motifs is 1. The van der Waals surface area contributed by atoms with Crippen molar-refractivity contribution in [2.24, 2.45) is 0 Å². The Morgan fingerprint density at radius 2 is 1.70 bits per heavy atom. The van der Waals surface area contributed by atoms with Crippen molar-refractivity contribution in [3.63, 3.8) is 0 Å². The van der Waals surface area contributed by atoms with E-state index in [9.17, 15) is 4.39 Å². The third-order valence-corrected chi connectivity index (χ3v) is 5.56. The number of methoxy groups -OCH3 is 3. The number of hydrogen-bond acceptors (Lipinski definition) is 5. The molecule has 0 aliphatic carbocycles. The molecule has 4 aromatic rings. The van der Waals surface area contributed by atoms with Crippen molar-refractivity contribution in [3.05, 3.63) is 83.7 Å². The maximum absolute atomic E-state index is 13.4. The van der Waals surface area contributed by atoms with Crippen LogP contribution >= 0.6 is 0 Å². The fourth-order valence-corrected chi connectivity index (χ4v) is 3.83. The number of aromatic nitrogens is 1. The Balaban J connectivity index is 1.65. The van der Waals surface area contributed by atoms with Gasteiger partial charge >= 0.3 is 0 Å². The van der Waals surface area contributed by atoms with Crippen molar-refractivity contribution in [2.45, 2.75) is 13.0 Å². The molecule has 0 aliphatic rings. The summed E-state index contributed by atoms with van der Waals surface area (Å²) in [5, 5.41) is 4.50. The second-order valence-corrected chi connectivity index (χ2v) is 7.68. The molecule has 0 unspecified atom stereocenters. The highest BCUT2D eigenvalue weighted by Crippen LogP contribution is 2.34. The lowest BCUT2D eigenvalue weighted by Gasteiger charge is -2.15. The van der Waals surface area contributed by atoms with Gasteiger partial charge in [-0.2, -0.15) is 0 Å². The van der Waals surface area contributed by atoms with Crippen LogP contribution in [-0.4, -0.2) is 32.9 Å². The molecule has 4 rings (SSSR count). The topological polar surface area (TPSA) is 52.6 Å². The molecule has 0 atom stereocenters. The first-order valence-corrected chi connectivity index (χ1v) is 10.8. The molecule has 170 valence electrons. The van der Waals surface area contributed by atoms with Gasteiger partial charge in [-0.1, -0.05) is 12.1 Å². The van der Waals surface area contributed by atoms with E-state index in [0.717, 1.165) is 52.0 Å². The largest absolute Gasteiger partial charge is 0.497 e. The molecular weight excluding hydrogens is 419 g/mol. The standard InChI is InChI=1S/C27H27FN2O3/c1-31-23-9-7-19-14-21(17-29-12-11-18-5-4-6-22(28)13-18)27(30-24(19)16-23)20-8-10-25(32-2)26(15-20)33-3/h4-10,13-16,29H,11-12,17H2,1-3H3. The molecule has 3 aromatic carbocycles. The number of pyridine rings is 1. The highest BCUT2D eigenvalue weighted by molar-refractivity contribution is 5.85. The molecule has 6 heteroatoms. The van der Waals surface area contributed by atoms with E-state index in [0.29, 0.717) is 18.0 Å². The maximum atomic E-state index is 13.4. The average Bonchev–Trinajstić information content (AvgIpc) is 2.85. The van der Waals surface area contributed by atoms with Gasteiger partial charge < -0.3 is 19.5 Å². The molecule has 1 aromatic heterocycles. The Kier molecular flexibility index (Phi) is 7.05. The van der Waals surface area contributed by atoms with E-state index in [4.69, 9.17) is 19.2 Å². The lowest BCUT2D eigenvalue weighted by atomic mass is 10.0. The van der Waals surface area contributed by atoms with Gasteiger partial charge in [0.25, 0.3) is 0 Å². The van der Waals surface area contributed by atoms with E-state index >= 15 is 0 Å². The third kappa shape index (κ3) is 5.23. The summed E-state index contributed by atoms with van der Waals surface area (Å²) in [5.74, 6) is 1.86. The number of ether oxygens (including phenoxy) is 3. The zero-order valence-electron chi connectivity index (χ0n) is 19.0. The van der Waals surface area contributed by atoms with Crippen molar-refractivity contribution in [3.8, 4) is 28.5 Å². The lowest BCUT2D eigenvalue weighted by Crippen LogP contribution is -2.17. The maximum Gasteiger partial charge on any atom is 0.161 e. The second kappa shape index (κ2) is 10.3. The minimum Gasteiger partial charge on any atom is -0.497 e. The van der Waals surface area contributed by atoms with Gasteiger partial charge in [-0.05, 0) is 72.6 Å². The minimum absolute atomic E-state index is 0.211. The zero-order valence-corrected chi connectivity index (χ0v) is 19.0. The van der Waals surface area contributed by atoms with Crippen LogP contribution in [0.3, 0.4) is 0 Å². The van der Waals surface area contributed by atoms with Gasteiger partial charge in [0.05, 0.1) is 32.5 Å². The number of halogens is 1. The van der Waals surface area contributed by atoms with E-state index in [1.807, 2.05) is 42.5 Å². The first-order valence-electron chi connectivity index (χ1n) is 10.8. The van der Waals surface area contributed by atoms with Crippen molar-refractivity contribution in [2.75, 3.05) is 27.9 Å². The van der Waals surface area contributed by atoms with Gasteiger partial charge in [0.2, 0.25) is 0 Å². The summed E-state index contributed by atoms with van der Waals surface area (Å²) in [4.78, 5) is 4.97. The highest BCUT2D eigenvalue weighted by Gasteiger charge is 2.13. The quantitative estimate of drug-likeness (QED) is 0.349.